The van der Waals surface area contributed by atoms with E-state index in [4.69, 9.17) is 9.47 Å². The fraction of sp³-hybridized carbons (Fsp3) is 0.500. The number of piperidine rings is 1. The summed E-state index contributed by atoms with van der Waals surface area (Å²) in [5, 5.41) is 11.0. The number of carbonyl (C=O) groups excluding carboxylic acids is 1. The SMILES string of the molecule is CCC(NC(=O)c1ccn(C2CCCNC2)n1)c1ccc2c(c1)OCCO2. The highest BCUT2D eigenvalue weighted by atomic mass is 16.6. The lowest BCUT2D eigenvalue weighted by Crippen LogP contribution is -2.32. The summed E-state index contributed by atoms with van der Waals surface area (Å²) in [6.45, 7) is 5.12. The molecule has 0 aliphatic carbocycles. The van der Waals surface area contributed by atoms with Crippen LogP contribution in [0.4, 0.5) is 0 Å². The van der Waals surface area contributed by atoms with Gasteiger partial charge in [-0.3, -0.25) is 9.48 Å². The molecule has 2 aliphatic rings. The first-order chi connectivity index (χ1) is 13.2. The molecule has 2 unspecified atom stereocenters. The van der Waals surface area contributed by atoms with Gasteiger partial charge >= 0.3 is 0 Å². The van der Waals surface area contributed by atoms with Crippen LogP contribution in [0.1, 0.15) is 54.3 Å². The highest BCUT2D eigenvalue weighted by Gasteiger charge is 2.21. The smallest absolute Gasteiger partial charge is 0.272 e. The molecule has 7 nitrogen and oxygen atoms in total. The minimum atomic E-state index is -0.153. The quantitative estimate of drug-likeness (QED) is 0.845. The molecular formula is C20H26N4O3. The van der Waals surface area contributed by atoms with E-state index in [1.807, 2.05) is 36.0 Å². The summed E-state index contributed by atoms with van der Waals surface area (Å²) in [5.74, 6) is 1.34. The molecule has 144 valence electrons. The zero-order valence-corrected chi connectivity index (χ0v) is 15.6. The third kappa shape index (κ3) is 3.93. The number of rotatable bonds is 5. The van der Waals surface area contributed by atoms with Gasteiger partial charge in [-0.15, -0.1) is 0 Å². The topological polar surface area (TPSA) is 77.4 Å². The molecule has 1 fully saturated rings. The molecule has 3 heterocycles. The van der Waals surface area contributed by atoms with Gasteiger partial charge in [-0.05, 0) is 49.6 Å². The van der Waals surface area contributed by atoms with E-state index in [9.17, 15) is 4.79 Å². The number of hydrogen-bond donors (Lipinski definition) is 2. The molecule has 4 rings (SSSR count). The van der Waals surface area contributed by atoms with E-state index >= 15 is 0 Å². The Morgan fingerprint density at radius 1 is 1.33 bits per heavy atom. The molecule has 7 heteroatoms. The van der Waals surface area contributed by atoms with Crippen molar-refractivity contribution >= 4 is 5.91 Å². The van der Waals surface area contributed by atoms with Gasteiger partial charge in [-0.1, -0.05) is 13.0 Å². The number of benzene rings is 1. The van der Waals surface area contributed by atoms with Crippen LogP contribution in [0.3, 0.4) is 0 Å². The Morgan fingerprint density at radius 3 is 2.96 bits per heavy atom. The number of amides is 1. The van der Waals surface area contributed by atoms with E-state index in [2.05, 4.69) is 15.7 Å². The number of nitrogens with zero attached hydrogens (tertiary/aromatic N) is 2. The number of fused-ring (bicyclic) bond motifs is 1. The first kappa shape index (κ1) is 17.9. The van der Waals surface area contributed by atoms with Crippen LogP contribution in [0, 0.1) is 0 Å². The van der Waals surface area contributed by atoms with Crippen molar-refractivity contribution in [3.8, 4) is 11.5 Å². The Morgan fingerprint density at radius 2 is 2.19 bits per heavy atom. The summed E-state index contributed by atoms with van der Waals surface area (Å²) in [7, 11) is 0. The van der Waals surface area contributed by atoms with Crippen LogP contribution in [0.5, 0.6) is 11.5 Å². The minimum absolute atomic E-state index is 0.102. The normalized spacial score (nSPS) is 20.1. The number of hydrogen-bond acceptors (Lipinski definition) is 5. The van der Waals surface area contributed by atoms with E-state index in [-0.39, 0.29) is 11.9 Å². The van der Waals surface area contributed by atoms with E-state index in [1.54, 1.807) is 6.07 Å². The Balaban J connectivity index is 1.45. The fourth-order valence-electron chi connectivity index (χ4n) is 3.65. The highest BCUT2D eigenvalue weighted by Crippen LogP contribution is 2.33. The zero-order valence-electron chi connectivity index (χ0n) is 15.6. The largest absolute Gasteiger partial charge is 0.486 e. The van der Waals surface area contributed by atoms with Gasteiger partial charge in [0.2, 0.25) is 0 Å². The molecule has 1 aromatic heterocycles. The molecule has 0 radical (unpaired) electrons. The third-order valence-electron chi connectivity index (χ3n) is 5.17. The fourth-order valence-corrected chi connectivity index (χ4v) is 3.65. The molecule has 2 aliphatic heterocycles. The van der Waals surface area contributed by atoms with Crippen molar-refractivity contribution in [1.29, 1.82) is 0 Å². The van der Waals surface area contributed by atoms with Crippen LogP contribution >= 0.6 is 0 Å². The average Bonchev–Trinajstić information content (AvgIpc) is 3.22. The van der Waals surface area contributed by atoms with Crippen LogP contribution in [-0.4, -0.2) is 42.0 Å². The van der Waals surface area contributed by atoms with Gasteiger partial charge in [-0.25, -0.2) is 0 Å². The Hall–Kier alpha value is -2.54. The Bertz CT molecular complexity index is 798. The van der Waals surface area contributed by atoms with Gasteiger partial charge in [-0.2, -0.15) is 5.10 Å². The van der Waals surface area contributed by atoms with Crippen LogP contribution in [-0.2, 0) is 0 Å². The van der Waals surface area contributed by atoms with Crippen molar-refractivity contribution in [2.45, 2.75) is 38.3 Å². The summed E-state index contributed by atoms with van der Waals surface area (Å²) in [4.78, 5) is 12.7. The molecule has 1 aromatic carbocycles. The van der Waals surface area contributed by atoms with Gasteiger partial charge in [0.25, 0.3) is 5.91 Å². The number of ether oxygens (including phenoxy) is 2. The first-order valence-electron chi connectivity index (χ1n) is 9.71. The predicted octanol–water partition coefficient (Wildman–Crippen LogP) is 2.46. The van der Waals surface area contributed by atoms with Crippen molar-refractivity contribution in [2.24, 2.45) is 0 Å². The van der Waals surface area contributed by atoms with Crippen molar-refractivity contribution in [3.05, 3.63) is 41.7 Å². The molecule has 2 N–H and O–H groups in total. The van der Waals surface area contributed by atoms with Crippen molar-refractivity contribution in [1.82, 2.24) is 20.4 Å². The molecule has 1 saturated heterocycles. The molecular weight excluding hydrogens is 344 g/mol. The molecule has 0 saturated carbocycles. The maximum Gasteiger partial charge on any atom is 0.272 e. The molecule has 1 amide bonds. The van der Waals surface area contributed by atoms with Crippen LogP contribution < -0.4 is 20.1 Å². The maximum atomic E-state index is 12.7. The second-order valence-electron chi connectivity index (χ2n) is 7.02. The summed E-state index contributed by atoms with van der Waals surface area (Å²) < 4.78 is 13.1. The van der Waals surface area contributed by atoms with Gasteiger partial charge in [0, 0.05) is 12.7 Å². The monoisotopic (exact) mass is 370 g/mol. The second kappa shape index (κ2) is 8.00. The van der Waals surface area contributed by atoms with Gasteiger partial charge < -0.3 is 20.1 Å². The molecule has 0 bridgehead atoms. The first-order valence-corrected chi connectivity index (χ1v) is 9.71. The van der Waals surface area contributed by atoms with Gasteiger partial charge in [0.1, 0.15) is 18.9 Å². The van der Waals surface area contributed by atoms with Crippen LogP contribution in [0.15, 0.2) is 30.5 Å². The van der Waals surface area contributed by atoms with Crippen LogP contribution in [0.2, 0.25) is 0 Å². The second-order valence-corrected chi connectivity index (χ2v) is 7.02. The number of nitrogens with one attached hydrogen (secondary N) is 2. The number of aromatic nitrogens is 2. The minimum Gasteiger partial charge on any atom is -0.486 e. The van der Waals surface area contributed by atoms with Crippen molar-refractivity contribution in [2.75, 3.05) is 26.3 Å². The van der Waals surface area contributed by atoms with E-state index in [0.717, 1.165) is 49.4 Å². The van der Waals surface area contributed by atoms with Crippen molar-refractivity contribution < 1.29 is 14.3 Å². The Kier molecular flexibility index (Phi) is 5.29. The van der Waals surface area contributed by atoms with Crippen molar-refractivity contribution in [3.63, 3.8) is 0 Å². The summed E-state index contributed by atoms with van der Waals surface area (Å²) in [6, 6.07) is 7.85. The maximum absolute atomic E-state index is 12.7. The number of carbonyl (C=O) groups is 1. The van der Waals surface area contributed by atoms with E-state index in [0.29, 0.717) is 24.9 Å². The van der Waals surface area contributed by atoms with Gasteiger partial charge in [0.05, 0.1) is 12.1 Å². The third-order valence-corrected chi connectivity index (χ3v) is 5.17. The summed E-state index contributed by atoms with van der Waals surface area (Å²) in [5.41, 5.74) is 1.46. The lowest BCUT2D eigenvalue weighted by atomic mass is 10.0. The van der Waals surface area contributed by atoms with E-state index in [1.165, 1.54) is 0 Å². The summed E-state index contributed by atoms with van der Waals surface area (Å²) >= 11 is 0. The average molecular weight is 370 g/mol. The summed E-state index contributed by atoms with van der Waals surface area (Å²) in [6.07, 6.45) is 4.90. The van der Waals surface area contributed by atoms with Crippen LogP contribution in [0.25, 0.3) is 0 Å². The predicted molar refractivity (Wildman–Crippen MR) is 101 cm³/mol. The highest BCUT2D eigenvalue weighted by molar-refractivity contribution is 5.92. The molecule has 2 aromatic rings. The Labute approximate surface area is 159 Å². The molecule has 2 atom stereocenters. The standard InChI is InChI=1S/C20H26N4O3/c1-2-16(14-5-6-18-19(12-14)27-11-10-26-18)22-20(25)17-7-9-24(23-17)15-4-3-8-21-13-15/h5-7,9,12,15-16,21H,2-4,8,10-11,13H2,1H3,(H,22,25). The molecule has 0 spiro atoms. The van der Waals surface area contributed by atoms with Gasteiger partial charge in [0.15, 0.2) is 11.5 Å². The van der Waals surface area contributed by atoms with E-state index < -0.39 is 0 Å². The lowest BCUT2D eigenvalue weighted by Gasteiger charge is -2.23. The zero-order chi connectivity index (χ0) is 18.6. The lowest BCUT2D eigenvalue weighted by molar-refractivity contribution is 0.0929. The molecule has 27 heavy (non-hydrogen) atoms.